The van der Waals surface area contributed by atoms with E-state index in [0.29, 0.717) is 0 Å². The first-order valence-corrected chi connectivity index (χ1v) is 5.25. The number of hydrogen-bond donors (Lipinski definition) is 3. The van der Waals surface area contributed by atoms with Crippen molar-refractivity contribution in [2.24, 2.45) is 5.92 Å². The summed E-state index contributed by atoms with van der Waals surface area (Å²) >= 11 is 0. The number of carbonyl (C=O) groups excluding carboxylic acids is 1. The third kappa shape index (κ3) is 7.10. The minimum atomic E-state index is -4.83. The van der Waals surface area contributed by atoms with Crippen molar-refractivity contribution >= 4 is 11.9 Å². The molecule has 0 aromatic carbocycles. The van der Waals surface area contributed by atoms with E-state index in [1.165, 1.54) is 0 Å². The summed E-state index contributed by atoms with van der Waals surface area (Å²) in [5.74, 6) is -4.97. The highest BCUT2D eigenvalue weighted by Crippen LogP contribution is 2.25. The molecule has 0 aliphatic heterocycles. The molecule has 0 saturated carbocycles. The van der Waals surface area contributed by atoms with Crippen molar-refractivity contribution in [1.82, 2.24) is 10.6 Å². The van der Waals surface area contributed by atoms with Gasteiger partial charge < -0.3 is 15.7 Å². The second kappa shape index (κ2) is 6.03. The van der Waals surface area contributed by atoms with Crippen LogP contribution in [0.5, 0.6) is 0 Å². The maximum Gasteiger partial charge on any atom is 0.403 e. The smallest absolute Gasteiger partial charge is 0.403 e. The summed E-state index contributed by atoms with van der Waals surface area (Å²) in [5.41, 5.74) is -0.491. The third-order valence-corrected chi connectivity index (χ3v) is 1.84. The molecule has 0 aliphatic rings. The minimum Gasteiger partial charge on any atom is -0.481 e. The number of hydrogen-bond acceptors (Lipinski definition) is 3. The van der Waals surface area contributed by atoms with Crippen LogP contribution in [0.4, 0.5) is 13.2 Å². The minimum absolute atomic E-state index is 0.364. The lowest BCUT2D eigenvalue weighted by Gasteiger charge is -2.21. The van der Waals surface area contributed by atoms with E-state index in [0.717, 1.165) is 0 Å². The van der Waals surface area contributed by atoms with Crippen molar-refractivity contribution in [3.8, 4) is 0 Å². The number of rotatable bonds is 5. The molecule has 3 N–H and O–H groups in total. The van der Waals surface area contributed by atoms with E-state index in [2.05, 4.69) is 10.6 Å². The first kappa shape index (κ1) is 16.7. The molecule has 0 heterocycles. The zero-order valence-electron chi connectivity index (χ0n) is 10.4. The molecular weight excluding hydrogens is 253 g/mol. The zero-order valence-corrected chi connectivity index (χ0v) is 10.4. The van der Waals surface area contributed by atoms with Crippen LogP contribution in [0.3, 0.4) is 0 Å². The first-order valence-electron chi connectivity index (χ1n) is 5.25. The van der Waals surface area contributed by atoms with Crippen molar-refractivity contribution in [3.05, 3.63) is 0 Å². The Kier molecular flexibility index (Phi) is 5.59. The Morgan fingerprint density at radius 1 is 1.22 bits per heavy atom. The van der Waals surface area contributed by atoms with E-state index >= 15 is 0 Å². The Hall–Kier alpha value is -1.31. The van der Waals surface area contributed by atoms with Crippen molar-refractivity contribution < 1.29 is 27.9 Å². The van der Waals surface area contributed by atoms with Crippen LogP contribution in [0.25, 0.3) is 0 Å². The van der Waals surface area contributed by atoms with Crippen LogP contribution in [-0.4, -0.2) is 41.8 Å². The molecule has 1 unspecified atom stereocenters. The molecule has 1 amide bonds. The second-order valence-corrected chi connectivity index (χ2v) is 4.86. The lowest BCUT2D eigenvalue weighted by atomic mass is 10.1. The monoisotopic (exact) mass is 270 g/mol. The van der Waals surface area contributed by atoms with Gasteiger partial charge in [-0.2, -0.15) is 13.2 Å². The summed E-state index contributed by atoms with van der Waals surface area (Å²) in [7, 11) is 0. The standard InChI is InChI=1S/C10H17F3N2O3/c1-9(2,3)15-7(16)5-14-4-6(8(17)18)10(11,12)13/h6,14H,4-5H2,1-3H3,(H,15,16)(H,17,18). The quantitative estimate of drug-likeness (QED) is 0.689. The maximum absolute atomic E-state index is 12.2. The number of halogens is 3. The van der Waals surface area contributed by atoms with Gasteiger partial charge in [0.25, 0.3) is 0 Å². The summed E-state index contributed by atoms with van der Waals surface area (Å²) in [4.78, 5) is 21.6. The fourth-order valence-electron chi connectivity index (χ4n) is 1.14. The van der Waals surface area contributed by atoms with Crippen molar-refractivity contribution in [3.63, 3.8) is 0 Å². The van der Waals surface area contributed by atoms with Crippen LogP contribution in [-0.2, 0) is 9.59 Å². The van der Waals surface area contributed by atoms with E-state index < -0.39 is 36.1 Å². The van der Waals surface area contributed by atoms with Crippen LogP contribution >= 0.6 is 0 Å². The fourth-order valence-corrected chi connectivity index (χ4v) is 1.14. The van der Waals surface area contributed by atoms with Gasteiger partial charge in [-0.3, -0.25) is 9.59 Å². The predicted octanol–water partition coefficient (Wildman–Crippen LogP) is 0.754. The molecule has 0 aromatic heterocycles. The molecule has 0 aromatic rings. The number of amides is 1. The van der Waals surface area contributed by atoms with Crippen molar-refractivity contribution in [2.45, 2.75) is 32.5 Å². The molecule has 0 fully saturated rings. The van der Waals surface area contributed by atoms with Crippen LogP contribution in [0.2, 0.25) is 0 Å². The average Bonchev–Trinajstić information content (AvgIpc) is 2.06. The molecule has 18 heavy (non-hydrogen) atoms. The molecule has 0 bridgehead atoms. The Morgan fingerprint density at radius 2 is 1.72 bits per heavy atom. The van der Waals surface area contributed by atoms with Crippen LogP contribution in [0, 0.1) is 5.92 Å². The summed E-state index contributed by atoms with van der Waals surface area (Å²) in [5, 5.41) is 13.1. The van der Waals surface area contributed by atoms with Crippen LogP contribution in [0.1, 0.15) is 20.8 Å². The molecule has 0 spiro atoms. The number of carboxylic acids is 1. The molecule has 1 atom stereocenters. The van der Waals surface area contributed by atoms with E-state index in [-0.39, 0.29) is 6.54 Å². The van der Waals surface area contributed by atoms with Crippen molar-refractivity contribution in [1.29, 1.82) is 0 Å². The number of carbonyl (C=O) groups is 2. The van der Waals surface area contributed by atoms with Crippen molar-refractivity contribution in [2.75, 3.05) is 13.1 Å². The van der Waals surface area contributed by atoms with Gasteiger partial charge in [-0.05, 0) is 20.8 Å². The molecule has 0 rings (SSSR count). The van der Waals surface area contributed by atoms with E-state index in [1.807, 2.05) is 0 Å². The topological polar surface area (TPSA) is 78.4 Å². The second-order valence-electron chi connectivity index (χ2n) is 4.86. The molecule has 5 nitrogen and oxygen atoms in total. The normalized spacial score (nSPS) is 14.1. The summed E-state index contributed by atoms with van der Waals surface area (Å²) in [6.45, 7) is 3.97. The number of alkyl halides is 3. The first-order chi connectivity index (χ1) is 7.93. The Bertz CT molecular complexity index is 310. The molecule has 0 saturated heterocycles. The van der Waals surface area contributed by atoms with Gasteiger partial charge in [-0.1, -0.05) is 0 Å². The predicted molar refractivity (Wildman–Crippen MR) is 57.9 cm³/mol. The van der Waals surface area contributed by atoms with E-state index in [9.17, 15) is 22.8 Å². The van der Waals surface area contributed by atoms with E-state index in [4.69, 9.17) is 5.11 Å². The van der Waals surface area contributed by atoms with Gasteiger partial charge in [-0.15, -0.1) is 0 Å². The van der Waals surface area contributed by atoms with Gasteiger partial charge in [0.2, 0.25) is 5.91 Å². The Morgan fingerprint density at radius 3 is 2.06 bits per heavy atom. The summed E-state index contributed by atoms with van der Waals surface area (Å²) in [6.07, 6.45) is -4.83. The number of nitrogens with one attached hydrogen (secondary N) is 2. The van der Waals surface area contributed by atoms with Gasteiger partial charge in [0, 0.05) is 12.1 Å². The van der Waals surface area contributed by atoms with Crippen LogP contribution < -0.4 is 10.6 Å². The Labute approximate surface area is 103 Å². The van der Waals surface area contributed by atoms with Gasteiger partial charge >= 0.3 is 12.1 Å². The number of aliphatic carboxylic acids is 1. The summed E-state index contributed by atoms with van der Waals surface area (Å²) < 4.78 is 36.7. The highest BCUT2D eigenvalue weighted by atomic mass is 19.4. The maximum atomic E-state index is 12.2. The van der Waals surface area contributed by atoms with Gasteiger partial charge in [0.05, 0.1) is 6.54 Å². The van der Waals surface area contributed by atoms with Gasteiger partial charge in [0.15, 0.2) is 5.92 Å². The molecule has 0 aliphatic carbocycles. The summed E-state index contributed by atoms with van der Waals surface area (Å²) in [6, 6.07) is 0. The third-order valence-electron chi connectivity index (χ3n) is 1.84. The fraction of sp³-hybridized carbons (Fsp3) is 0.800. The molecule has 106 valence electrons. The molecule has 0 radical (unpaired) electrons. The highest BCUT2D eigenvalue weighted by Gasteiger charge is 2.44. The largest absolute Gasteiger partial charge is 0.481 e. The number of carboxylic acid groups (broad SMARTS) is 1. The molecule has 8 heteroatoms. The molecular formula is C10H17F3N2O3. The van der Waals surface area contributed by atoms with Gasteiger partial charge in [0.1, 0.15) is 0 Å². The van der Waals surface area contributed by atoms with Crippen LogP contribution in [0.15, 0.2) is 0 Å². The zero-order chi connectivity index (χ0) is 14.6. The lowest BCUT2D eigenvalue weighted by molar-refractivity contribution is -0.192. The average molecular weight is 270 g/mol. The SMILES string of the molecule is CC(C)(C)NC(=O)CNCC(C(=O)O)C(F)(F)F. The van der Waals surface area contributed by atoms with Gasteiger partial charge in [-0.25, -0.2) is 0 Å². The van der Waals surface area contributed by atoms with E-state index in [1.54, 1.807) is 20.8 Å². The Balaban J connectivity index is 4.17. The lowest BCUT2D eigenvalue weighted by Crippen LogP contribution is -2.47. The highest BCUT2D eigenvalue weighted by molar-refractivity contribution is 5.78.